The minimum absolute atomic E-state index is 0.0101. The molecule has 0 aromatic heterocycles. The van der Waals surface area contributed by atoms with Crippen molar-refractivity contribution in [3.05, 3.63) is 35.1 Å². The molecule has 3 rings (SSSR count). The maximum atomic E-state index is 14.4. The van der Waals surface area contributed by atoms with Crippen LogP contribution in [0.4, 0.5) is 13.2 Å². The molecule has 1 aromatic rings. The highest BCUT2D eigenvalue weighted by Gasteiger charge is 2.46. The molecule has 2 fully saturated rings. The van der Waals surface area contributed by atoms with Crippen molar-refractivity contribution in [2.75, 3.05) is 0 Å². The van der Waals surface area contributed by atoms with Gasteiger partial charge in [-0.15, -0.1) is 4.72 Å². The van der Waals surface area contributed by atoms with Gasteiger partial charge < -0.3 is 14.6 Å². The van der Waals surface area contributed by atoms with Gasteiger partial charge in [0.2, 0.25) is 5.91 Å². The largest absolute Gasteiger partial charge is 0.598 e. The number of carboxylic acids is 1. The van der Waals surface area contributed by atoms with Gasteiger partial charge in [0, 0.05) is 29.5 Å². The second-order valence-electron chi connectivity index (χ2n) is 9.66. The number of piperidine rings is 1. The number of carbonyl (C=O) groups is 2. The standard InChI is InChI=1S/C22H29F3N2O4S/c1-22(2,3)32(31)26-19(9-12-8-17(24)18(25)10-16(12)23)13-6-14-4-5-15(7-13)27(14)20(28)11-21(29)30/h8,10,13-15,19,26H,4-7,9,11H2,1-3H3,(H,29,30)/t13?,14?,15?,19-,32?/m1/s1. The first-order valence-electron chi connectivity index (χ1n) is 10.7. The van der Waals surface area contributed by atoms with Gasteiger partial charge in [-0.1, -0.05) is 0 Å². The fourth-order valence-electron chi connectivity index (χ4n) is 4.75. The van der Waals surface area contributed by atoms with Crippen LogP contribution in [0, 0.1) is 23.4 Å². The summed E-state index contributed by atoms with van der Waals surface area (Å²) in [6.45, 7) is 5.38. The van der Waals surface area contributed by atoms with E-state index >= 15 is 0 Å². The van der Waals surface area contributed by atoms with Crippen molar-refractivity contribution in [1.82, 2.24) is 9.62 Å². The topological polar surface area (TPSA) is 92.7 Å². The van der Waals surface area contributed by atoms with Gasteiger partial charge in [-0.25, -0.2) is 13.2 Å². The van der Waals surface area contributed by atoms with E-state index in [0.29, 0.717) is 18.9 Å². The fraction of sp³-hybridized carbons (Fsp3) is 0.636. The summed E-state index contributed by atoms with van der Waals surface area (Å²) in [5.41, 5.74) is -0.0101. The molecule has 0 spiro atoms. The third kappa shape index (κ3) is 5.58. The molecule has 178 valence electrons. The number of amides is 1. The molecule has 2 aliphatic rings. The number of carbonyl (C=O) groups excluding carboxylic acids is 1. The highest BCUT2D eigenvalue weighted by atomic mass is 32.2. The fourth-order valence-corrected chi connectivity index (χ4v) is 5.66. The summed E-state index contributed by atoms with van der Waals surface area (Å²) in [5, 5.41) is 8.97. The Morgan fingerprint density at radius 1 is 1.16 bits per heavy atom. The van der Waals surface area contributed by atoms with E-state index in [9.17, 15) is 27.3 Å². The van der Waals surface area contributed by atoms with E-state index in [2.05, 4.69) is 4.72 Å². The molecule has 0 aliphatic carbocycles. The SMILES string of the molecule is CC(C)(C)[S+]([O-])N[C@H](Cc1cc(F)c(F)cc1F)C1CC2CCC(C1)N2C(=O)CC(=O)O. The van der Waals surface area contributed by atoms with Crippen LogP contribution in [-0.2, 0) is 27.4 Å². The number of aliphatic carboxylic acids is 1. The van der Waals surface area contributed by atoms with Crippen LogP contribution in [0.2, 0.25) is 0 Å². The lowest BCUT2D eigenvalue weighted by Crippen LogP contribution is -2.54. The molecule has 0 saturated carbocycles. The Morgan fingerprint density at radius 3 is 2.25 bits per heavy atom. The molecule has 1 amide bonds. The van der Waals surface area contributed by atoms with E-state index in [4.69, 9.17) is 5.11 Å². The molecule has 2 saturated heterocycles. The van der Waals surface area contributed by atoms with Gasteiger partial charge in [0.05, 0.1) is 6.04 Å². The predicted octanol–water partition coefficient (Wildman–Crippen LogP) is 3.31. The molecular weight excluding hydrogens is 445 g/mol. The van der Waals surface area contributed by atoms with Gasteiger partial charge in [-0.05, 0) is 70.4 Å². The molecule has 2 bridgehead atoms. The van der Waals surface area contributed by atoms with E-state index in [-0.39, 0.29) is 30.0 Å². The number of benzene rings is 1. The maximum Gasteiger partial charge on any atom is 0.312 e. The number of rotatable bonds is 7. The van der Waals surface area contributed by atoms with E-state index in [1.165, 1.54) is 0 Å². The van der Waals surface area contributed by atoms with Crippen LogP contribution in [0.5, 0.6) is 0 Å². The normalized spacial score (nSPS) is 25.0. The van der Waals surface area contributed by atoms with Gasteiger partial charge in [-0.3, -0.25) is 9.59 Å². The molecule has 0 radical (unpaired) electrons. The third-order valence-electron chi connectivity index (χ3n) is 6.27. The van der Waals surface area contributed by atoms with Crippen molar-refractivity contribution in [2.45, 2.75) is 82.2 Å². The van der Waals surface area contributed by atoms with E-state index < -0.39 is 57.9 Å². The van der Waals surface area contributed by atoms with Crippen molar-refractivity contribution < 1.29 is 32.4 Å². The van der Waals surface area contributed by atoms with Crippen LogP contribution >= 0.6 is 0 Å². The van der Waals surface area contributed by atoms with Crippen molar-refractivity contribution in [3.8, 4) is 0 Å². The highest BCUT2D eigenvalue weighted by molar-refractivity contribution is 7.90. The van der Waals surface area contributed by atoms with Gasteiger partial charge in [0.15, 0.2) is 11.6 Å². The number of fused-ring (bicyclic) bond motifs is 2. The summed E-state index contributed by atoms with van der Waals surface area (Å²) in [7, 11) is 0. The lowest BCUT2D eigenvalue weighted by molar-refractivity contribution is -0.146. The molecular formula is C22H29F3N2O4S. The quantitative estimate of drug-likeness (QED) is 0.359. The number of halogens is 3. The molecule has 3 unspecified atom stereocenters. The van der Waals surface area contributed by atoms with E-state index in [1.54, 1.807) is 25.7 Å². The van der Waals surface area contributed by atoms with Crippen molar-refractivity contribution in [1.29, 1.82) is 0 Å². The van der Waals surface area contributed by atoms with E-state index in [0.717, 1.165) is 18.9 Å². The zero-order chi connectivity index (χ0) is 23.8. The molecule has 32 heavy (non-hydrogen) atoms. The van der Waals surface area contributed by atoms with Crippen molar-refractivity contribution in [3.63, 3.8) is 0 Å². The first kappa shape index (κ1) is 24.9. The van der Waals surface area contributed by atoms with Gasteiger partial charge in [0.1, 0.15) is 17.0 Å². The Hall–Kier alpha value is -1.78. The molecule has 4 atom stereocenters. The lowest BCUT2D eigenvalue weighted by atomic mass is 9.82. The minimum Gasteiger partial charge on any atom is -0.598 e. The summed E-state index contributed by atoms with van der Waals surface area (Å²) in [6, 6.07) is 0.563. The summed E-state index contributed by atoms with van der Waals surface area (Å²) in [5.74, 6) is -4.97. The zero-order valence-corrected chi connectivity index (χ0v) is 19.2. The van der Waals surface area contributed by atoms with Crippen LogP contribution in [-0.4, -0.2) is 49.3 Å². The number of hydrogen-bond donors (Lipinski definition) is 2. The summed E-state index contributed by atoms with van der Waals surface area (Å²) >= 11 is -1.49. The first-order chi connectivity index (χ1) is 14.9. The number of hydrogen-bond acceptors (Lipinski definition) is 4. The molecule has 6 nitrogen and oxygen atoms in total. The summed E-state index contributed by atoms with van der Waals surface area (Å²) in [6.07, 6.45) is 1.99. The summed E-state index contributed by atoms with van der Waals surface area (Å²) in [4.78, 5) is 25.0. The lowest BCUT2D eigenvalue weighted by Gasteiger charge is -2.42. The molecule has 1 aromatic carbocycles. The zero-order valence-electron chi connectivity index (χ0n) is 18.4. The van der Waals surface area contributed by atoms with Gasteiger partial charge in [-0.2, -0.15) is 0 Å². The van der Waals surface area contributed by atoms with Crippen LogP contribution in [0.15, 0.2) is 12.1 Å². The van der Waals surface area contributed by atoms with Gasteiger partial charge in [0.25, 0.3) is 0 Å². The first-order valence-corrected chi connectivity index (χ1v) is 11.9. The second-order valence-corrected chi connectivity index (χ2v) is 11.7. The van der Waals surface area contributed by atoms with Crippen molar-refractivity contribution >= 4 is 23.2 Å². The number of carboxylic acid groups (broad SMARTS) is 1. The monoisotopic (exact) mass is 474 g/mol. The minimum atomic E-state index is -1.49. The number of nitrogens with one attached hydrogen (secondary N) is 1. The molecule has 2 aliphatic heterocycles. The Bertz CT molecular complexity index is 865. The third-order valence-corrected chi connectivity index (χ3v) is 7.90. The molecule has 10 heteroatoms. The predicted molar refractivity (Wildman–Crippen MR) is 113 cm³/mol. The van der Waals surface area contributed by atoms with Gasteiger partial charge >= 0.3 is 5.97 Å². The van der Waals surface area contributed by atoms with Crippen molar-refractivity contribution in [2.24, 2.45) is 5.92 Å². The number of nitrogens with zero attached hydrogens (tertiary/aromatic N) is 1. The van der Waals surface area contributed by atoms with Crippen LogP contribution in [0.3, 0.4) is 0 Å². The highest BCUT2D eigenvalue weighted by Crippen LogP contribution is 2.41. The van der Waals surface area contributed by atoms with Crippen LogP contribution in [0.25, 0.3) is 0 Å². The van der Waals surface area contributed by atoms with Crippen LogP contribution in [0.1, 0.15) is 58.4 Å². The smallest absolute Gasteiger partial charge is 0.312 e. The maximum absolute atomic E-state index is 14.4. The average molecular weight is 475 g/mol. The summed E-state index contributed by atoms with van der Waals surface area (Å²) < 4.78 is 56.8. The van der Waals surface area contributed by atoms with E-state index in [1.807, 2.05) is 0 Å². The Balaban J connectivity index is 1.82. The molecule has 2 heterocycles. The Labute approximate surface area is 188 Å². The second kappa shape index (κ2) is 9.61. The van der Waals surface area contributed by atoms with Crippen LogP contribution < -0.4 is 4.72 Å². The Kier molecular flexibility index (Phi) is 7.46. The Morgan fingerprint density at radius 2 is 1.72 bits per heavy atom. The average Bonchev–Trinajstić information content (AvgIpc) is 2.94. The molecule has 2 N–H and O–H groups in total.